The molecule has 128 valence electrons. The minimum absolute atomic E-state index is 0.0426. The second-order valence-electron chi connectivity index (χ2n) is 5.99. The number of amides is 1. The molecule has 7 heteroatoms. The van der Waals surface area contributed by atoms with E-state index < -0.39 is 23.9 Å². The van der Waals surface area contributed by atoms with Gasteiger partial charge in [0.25, 0.3) is 0 Å². The second kappa shape index (κ2) is 6.46. The quantitative estimate of drug-likeness (QED) is 0.796. The number of carbonyl (C=O) groups is 1. The standard InChI is InChI=1S/C18H15BF3NO2/c1-11-16(12-5-3-2-4-6-12)25-17(24)23(11)10-13-9-14(18(20,21)22)7-8-15(13)19/h2-9,11,16H,10H2,1H3/t11-,16-/m0/s1. The molecule has 1 saturated heterocycles. The highest BCUT2D eigenvalue weighted by molar-refractivity contribution is 6.33. The Labute approximate surface area is 144 Å². The van der Waals surface area contributed by atoms with Gasteiger partial charge < -0.3 is 4.74 Å². The van der Waals surface area contributed by atoms with Gasteiger partial charge in [-0.05, 0) is 24.1 Å². The smallest absolute Gasteiger partial charge is 0.416 e. The summed E-state index contributed by atoms with van der Waals surface area (Å²) in [7, 11) is 5.80. The molecule has 2 aromatic rings. The Kier molecular flexibility index (Phi) is 4.50. The number of nitrogens with zero attached hydrogens (tertiary/aromatic N) is 1. The van der Waals surface area contributed by atoms with Crippen molar-refractivity contribution in [2.45, 2.75) is 31.8 Å². The lowest BCUT2D eigenvalue weighted by atomic mass is 9.88. The van der Waals surface area contributed by atoms with Crippen molar-refractivity contribution in [3.63, 3.8) is 0 Å². The van der Waals surface area contributed by atoms with Crippen LogP contribution in [0.1, 0.15) is 29.7 Å². The summed E-state index contributed by atoms with van der Waals surface area (Å²) in [6.07, 6.45) is -5.51. The van der Waals surface area contributed by atoms with Crippen LogP contribution in [0.2, 0.25) is 0 Å². The lowest BCUT2D eigenvalue weighted by Gasteiger charge is -2.22. The summed E-state index contributed by atoms with van der Waals surface area (Å²) < 4.78 is 44.1. The minimum atomic E-state index is -4.47. The summed E-state index contributed by atoms with van der Waals surface area (Å²) in [5, 5.41) is 0. The van der Waals surface area contributed by atoms with E-state index in [4.69, 9.17) is 12.6 Å². The maximum atomic E-state index is 12.9. The van der Waals surface area contributed by atoms with Crippen LogP contribution in [-0.2, 0) is 17.5 Å². The summed E-state index contributed by atoms with van der Waals surface area (Å²) in [6, 6.07) is 12.0. The Morgan fingerprint density at radius 1 is 1.16 bits per heavy atom. The van der Waals surface area contributed by atoms with E-state index in [9.17, 15) is 18.0 Å². The summed E-state index contributed by atoms with van der Waals surface area (Å²) in [4.78, 5) is 13.6. The maximum absolute atomic E-state index is 12.9. The van der Waals surface area contributed by atoms with E-state index in [1.54, 1.807) is 6.92 Å². The Morgan fingerprint density at radius 3 is 2.48 bits per heavy atom. The first-order chi connectivity index (χ1) is 11.8. The van der Waals surface area contributed by atoms with Crippen molar-refractivity contribution >= 4 is 19.4 Å². The van der Waals surface area contributed by atoms with Gasteiger partial charge in [0.2, 0.25) is 0 Å². The Hall–Kier alpha value is -2.44. The second-order valence-corrected chi connectivity index (χ2v) is 5.99. The van der Waals surface area contributed by atoms with Gasteiger partial charge in [0.1, 0.15) is 14.0 Å². The van der Waals surface area contributed by atoms with Crippen molar-refractivity contribution in [2.75, 3.05) is 0 Å². The van der Waals surface area contributed by atoms with Gasteiger partial charge >= 0.3 is 12.3 Å². The molecule has 2 radical (unpaired) electrons. The van der Waals surface area contributed by atoms with E-state index in [0.717, 1.165) is 17.7 Å². The summed E-state index contributed by atoms with van der Waals surface area (Å²) >= 11 is 0. The van der Waals surface area contributed by atoms with Crippen LogP contribution in [0.5, 0.6) is 0 Å². The van der Waals surface area contributed by atoms with Gasteiger partial charge in [-0.15, -0.1) is 0 Å². The highest BCUT2D eigenvalue weighted by Gasteiger charge is 2.40. The van der Waals surface area contributed by atoms with Gasteiger partial charge in [0.15, 0.2) is 0 Å². The number of rotatable bonds is 3. The average molecular weight is 345 g/mol. The fraction of sp³-hybridized carbons (Fsp3) is 0.278. The van der Waals surface area contributed by atoms with E-state index in [-0.39, 0.29) is 23.6 Å². The van der Waals surface area contributed by atoms with E-state index in [0.29, 0.717) is 0 Å². The predicted molar refractivity (Wildman–Crippen MR) is 87.5 cm³/mol. The molecular formula is C18H15BF3NO2. The molecule has 3 rings (SSSR count). The number of hydrogen-bond donors (Lipinski definition) is 0. The molecule has 2 atom stereocenters. The summed E-state index contributed by atoms with van der Waals surface area (Å²) in [5.74, 6) is 0. The number of alkyl halides is 3. The van der Waals surface area contributed by atoms with Gasteiger partial charge in [0.05, 0.1) is 11.6 Å². The van der Waals surface area contributed by atoms with Crippen LogP contribution in [0.15, 0.2) is 48.5 Å². The Balaban J connectivity index is 1.85. The van der Waals surface area contributed by atoms with Gasteiger partial charge in [0, 0.05) is 6.54 Å². The molecule has 1 heterocycles. The predicted octanol–water partition coefficient (Wildman–Crippen LogP) is 3.58. The van der Waals surface area contributed by atoms with Crippen molar-refractivity contribution in [3.05, 3.63) is 65.2 Å². The highest BCUT2D eigenvalue weighted by atomic mass is 19.4. The largest absolute Gasteiger partial charge is 0.439 e. The number of benzene rings is 2. The molecule has 0 bridgehead atoms. The fourth-order valence-corrected chi connectivity index (χ4v) is 2.90. The molecule has 0 unspecified atom stereocenters. The number of halogens is 3. The van der Waals surface area contributed by atoms with Crippen molar-refractivity contribution in [3.8, 4) is 0 Å². The normalized spacial score (nSPS) is 20.6. The lowest BCUT2D eigenvalue weighted by Crippen LogP contribution is -2.33. The number of ether oxygens (including phenoxy) is 1. The number of cyclic esters (lactones) is 1. The highest BCUT2D eigenvalue weighted by Crippen LogP contribution is 2.34. The zero-order chi connectivity index (χ0) is 18.2. The molecule has 0 N–H and O–H groups in total. The summed E-state index contributed by atoms with van der Waals surface area (Å²) in [5.41, 5.74) is 0.489. The molecule has 1 fully saturated rings. The van der Waals surface area contributed by atoms with Crippen LogP contribution >= 0.6 is 0 Å². The monoisotopic (exact) mass is 345 g/mol. The van der Waals surface area contributed by atoms with Crippen molar-refractivity contribution in [2.24, 2.45) is 0 Å². The molecule has 1 aliphatic heterocycles. The zero-order valence-corrected chi connectivity index (χ0v) is 13.5. The molecule has 0 spiro atoms. The van der Waals surface area contributed by atoms with Gasteiger partial charge in [-0.25, -0.2) is 4.79 Å². The third-order valence-electron chi connectivity index (χ3n) is 4.33. The maximum Gasteiger partial charge on any atom is 0.416 e. The van der Waals surface area contributed by atoms with Gasteiger partial charge in [-0.2, -0.15) is 13.2 Å². The van der Waals surface area contributed by atoms with E-state index >= 15 is 0 Å². The summed E-state index contributed by atoms with van der Waals surface area (Å²) in [6.45, 7) is 1.76. The van der Waals surface area contributed by atoms with Crippen molar-refractivity contribution < 1.29 is 22.7 Å². The minimum Gasteiger partial charge on any atom is -0.439 e. The van der Waals surface area contributed by atoms with E-state index in [1.165, 1.54) is 11.0 Å². The first-order valence-electron chi connectivity index (χ1n) is 7.75. The molecule has 2 aromatic carbocycles. The first kappa shape index (κ1) is 17.4. The Morgan fingerprint density at radius 2 is 1.84 bits per heavy atom. The van der Waals surface area contributed by atoms with Crippen molar-refractivity contribution in [1.29, 1.82) is 0 Å². The van der Waals surface area contributed by atoms with Gasteiger partial charge in [-0.1, -0.05) is 47.9 Å². The van der Waals surface area contributed by atoms with E-state index in [2.05, 4.69) is 0 Å². The van der Waals surface area contributed by atoms with Crippen LogP contribution in [0.25, 0.3) is 0 Å². The van der Waals surface area contributed by atoms with Gasteiger partial charge in [-0.3, -0.25) is 4.90 Å². The number of hydrogen-bond acceptors (Lipinski definition) is 2. The first-order valence-corrected chi connectivity index (χ1v) is 7.75. The Bertz CT molecular complexity index is 780. The fourth-order valence-electron chi connectivity index (χ4n) is 2.90. The molecule has 0 saturated carbocycles. The number of carbonyl (C=O) groups excluding carboxylic acids is 1. The molecule has 1 amide bonds. The molecule has 0 aliphatic carbocycles. The topological polar surface area (TPSA) is 29.5 Å². The molecule has 1 aliphatic rings. The zero-order valence-electron chi connectivity index (χ0n) is 13.5. The van der Waals surface area contributed by atoms with Crippen LogP contribution in [-0.4, -0.2) is 24.9 Å². The molecule has 25 heavy (non-hydrogen) atoms. The average Bonchev–Trinajstić information content (AvgIpc) is 2.84. The SMILES string of the molecule is [B]c1ccc(C(F)(F)F)cc1CN1C(=O)O[C@H](c2ccccc2)[C@@H]1C. The molecule has 0 aromatic heterocycles. The van der Waals surface area contributed by atoms with Crippen LogP contribution in [0.4, 0.5) is 18.0 Å². The third-order valence-corrected chi connectivity index (χ3v) is 4.33. The molecule has 3 nitrogen and oxygen atoms in total. The van der Waals surface area contributed by atoms with Crippen molar-refractivity contribution in [1.82, 2.24) is 4.90 Å². The third kappa shape index (κ3) is 3.50. The van der Waals surface area contributed by atoms with Crippen LogP contribution in [0.3, 0.4) is 0 Å². The van der Waals surface area contributed by atoms with Crippen LogP contribution < -0.4 is 5.46 Å². The van der Waals surface area contributed by atoms with E-state index in [1.807, 2.05) is 30.3 Å². The molecular weight excluding hydrogens is 330 g/mol. The lowest BCUT2D eigenvalue weighted by molar-refractivity contribution is -0.137. The van der Waals surface area contributed by atoms with Crippen LogP contribution in [0, 0.1) is 0 Å².